The van der Waals surface area contributed by atoms with Crippen LogP contribution < -0.4 is 10.6 Å². The molecule has 2 aromatic heterocycles. The summed E-state index contributed by atoms with van der Waals surface area (Å²) >= 11 is 0. The van der Waals surface area contributed by atoms with E-state index in [1.807, 2.05) is 0 Å². The van der Waals surface area contributed by atoms with E-state index in [-0.39, 0.29) is 0 Å². The topological polar surface area (TPSA) is 78.5 Å². The van der Waals surface area contributed by atoms with Crippen LogP contribution in [0.2, 0.25) is 0 Å². The molecule has 17 heavy (non-hydrogen) atoms. The predicted molar refractivity (Wildman–Crippen MR) is 67.1 cm³/mol. The van der Waals surface area contributed by atoms with Crippen molar-refractivity contribution in [3.8, 4) is 0 Å². The zero-order valence-electron chi connectivity index (χ0n) is 10.0. The normalized spacial score (nSPS) is 17.1. The van der Waals surface area contributed by atoms with Crippen LogP contribution in [0.4, 0.5) is 11.8 Å². The van der Waals surface area contributed by atoms with E-state index >= 15 is 0 Å². The Balaban J connectivity index is 1.92. The van der Waals surface area contributed by atoms with Crippen LogP contribution in [-0.2, 0) is 0 Å². The number of aromatic amines is 1. The molecule has 2 heterocycles. The fourth-order valence-corrected chi connectivity index (χ4v) is 1.76. The van der Waals surface area contributed by atoms with E-state index in [9.17, 15) is 0 Å². The highest BCUT2D eigenvalue weighted by atomic mass is 15.2. The molecule has 0 aliphatic heterocycles. The average molecular weight is 232 g/mol. The van der Waals surface area contributed by atoms with Crippen molar-refractivity contribution in [2.75, 3.05) is 24.2 Å². The second-order valence-electron chi connectivity index (χ2n) is 4.91. The van der Waals surface area contributed by atoms with Crippen molar-refractivity contribution in [3.05, 3.63) is 6.33 Å². The molecule has 0 radical (unpaired) electrons. The molecule has 0 atom stereocenters. The lowest BCUT2D eigenvalue weighted by Gasteiger charge is -2.11. The molecular formula is C11H16N6. The molecule has 1 fully saturated rings. The zero-order valence-corrected chi connectivity index (χ0v) is 10.0. The van der Waals surface area contributed by atoms with Gasteiger partial charge >= 0.3 is 0 Å². The molecule has 0 aromatic carbocycles. The third-order valence-corrected chi connectivity index (χ3v) is 3.30. The Morgan fingerprint density at radius 2 is 2.24 bits per heavy atom. The molecule has 6 heteroatoms. The molecular weight excluding hydrogens is 216 g/mol. The number of H-pyrrole nitrogens is 1. The second kappa shape index (κ2) is 3.58. The molecule has 3 N–H and O–H groups in total. The summed E-state index contributed by atoms with van der Waals surface area (Å²) in [4.78, 5) is 15.9. The van der Waals surface area contributed by atoms with E-state index in [0.29, 0.717) is 17.0 Å². The summed E-state index contributed by atoms with van der Waals surface area (Å²) in [7, 11) is 1.81. The Hall–Kier alpha value is -1.85. The fraction of sp³-hybridized carbons (Fsp3) is 0.545. The summed E-state index contributed by atoms with van der Waals surface area (Å²) in [6.07, 6.45) is 4.22. The Bertz CT molecular complexity index is 542. The molecule has 0 saturated heterocycles. The van der Waals surface area contributed by atoms with Gasteiger partial charge in [-0.15, -0.1) is 0 Å². The Labute approximate surface area is 99.3 Å². The van der Waals surface area contributed by atoms with Crippen LogP contribution in [0.15, 0.2) is 6.33 Å². The van der Waals surface area contributed by atoms with Gasteiger partial charge in [0.1, 0.15) is 5.52 Å². The van der Waals surface area contributed by atoms with Gasteiger partial charge in [0.2, 0.25) is 5.95 Å². The standard InChI is InChI=1S/C11H16N6/c1-11(3-4-11)5-13-8-7-9(15-6-14-7)17-10(12-2)16-8/h6H,3-5H2,1-2H3,(H3,12,13,14,15,16,17). The van der Waals surface area contributed by atoms with Crippen molar-refractivity contribution in [1.29, 1.82) is 0 Å². The van der Waals surface area contributed by atoms with Gasteiger partial charge < -0.3 is 15.6 Å². The number of anilines is 2. The molecule has 0 unspecified atom stereocenters. The highest BCUT2D eigenvalue weighted by Gasteiger charge is 2.37. The molecule has 2 aromatic rings. The molecule has 3 rings (SSSR count). The third kappa shape index (κ3) is 1.90. The number of imidazole rings is 1. The van der Waals surface area contributed by atoms with Gasteiger partial charge in [-0.3, -0.25) is 0 Å². The lowest BCUT2D eigenvalue weighted by Crippen LogP contribution is -2.13. The summed E-state index contributed by atoms with van der Waals surface area (Å²) in [5.41, 5.74) is 2.00. The van der Waals surface area contributed by atoms with Crippen LogP contribution in [0.1, 0.15) is 19.8 Å². The van der Waals surface area contributed by atoms with Gasteiger partial charge in [-0.05, 0) is 18.3 Å². The fourth-order valence-electron chi connectivity index (χ4n) is 1.76. The molecule has 1 aliphatic carbocycles. The van der Waals surface area contributed by atoms with Crippen LogP contribution >= 0.6 is 0 Å². The predicted octanol–water partition coefficient (Wildman–Crippen LogP) is 1.61. The number of fused-ring (bicyclic) bond motifs is 1. The third-order valence-electron chi connectivity index (χ3n) is 3.30. The van der Waals surface area contributed by atoms with Gasteiger partial charge in [-0.2, -0.15) is 9.97 Å². The van der Waals surface area contributed by atoms with Crippen LogP contribution in [-0.4, -0.2) is 33.5 Å². The SMILES string of the molecule is CNc1nc(NCC2(C)CC2)c2[nH]cnc2n1. The number of hydrogen-bond donors (Lipinski definition) is 3. The van der Waals surface area contributed by atoms with E-state index in [1.54, 1.807) is 13.4 Å². The quantitative estimate of drug-likeness (QED) is 0.746. The number of rotatable bonds is 4. The minimum absolute atomic E-state index is 0.442. The first-order chi connectivity index (χ1) is 8.20. The molecule has 0 amide bonds. The van der Waals surface area contributed by atoms with Crippen molar-refractivity contribution in [2.24, 2.45) is 5.41 Å². The molecule has 6 nitrogen and oxygen atoms in total. The van der Waals surface area contributed by atoms with E-state index in [1.165, 1.54) is 12.8 Å². The lowest BCUT2D eigenvalue weighted by molar-refractivity contribution is 0.609. The summed E-state index contributed by atoms with van der Waals surface area (Å²) in [5.74, 6) is 1.41. The first kappa shape index (κ1) is 10.3. The maximum Gasteiger partial charge on any atom is 0.226 e. The second-order valence-corrected chi connectivity index (χ2v) is 4.91. The molecule has 1 saturated carbocycles. The van der Waals surface area contributed by atoms with Crippen molar-refractivity contribution >= 4 is 22.9 Å². The van der Waals surface area contributed by atoms with E-state index in [2.05, 4.69) is 37.5 Å². The minimum atomic E-state index is 0.442. The van der Waals surface area contributed by atoms with Crippen molar-refractivity contribution in [1.82, 2.24) is 19.9 Å². The van der Waals surface area contributed by atoms with Crippen LogP contribution in [0.5, 0.6) is 0 Å². The summed E-state index contributed by atoms with van der Waals surface area (Å²) in [6, 6.07) is 0. The van der Waals surface area contributed by atoms with Gasteiger partial charge in [0.15, 0.2) is 11.5 Å². The maximum absolute atomic E-state index is 4.42. The monoisotopic (exact) mass is 232 g/mol. The molecule has 0 bridgehead atoms. The summed E-state index contributed by atoms with van der Waals surface area (Å²) in [6.45, 7) is 3.23. The Morgan fingerprint density at radius 1 is 1.41 bits per heavy atom. The van der Waals surface area contributed by atoms with Gasteiger partial charge in [-0.25, -0.2) is 4.98 Å². The highest BCUT2D eigenvalue weighted by Crippen LogP contribution is 2.44. The van der Waals surface area contributed by atoms with E-state index in [0.717, 1.165) is 17.9 Å². The Morgan fingerprint density at radius 3 is 2.94 bits per heavy atom. The Kier molecular flexibility index (Phi) is 2.17. The lowest BCUT2D eigenvalue weighted by atomic mass is 10.1. The highest BCUT2D eigenvalue weighted by molar-refractivity contribution is 5.83. The van der Waals surface area contributed by atoms with Gasteiger partial charge in [0.05, 0.1) is 6.33 Å². The number of hydrogen-bond acceptors (Lipinski definition) is 5. The largest absolute Gasteiger partial charge is 0.368 e. The minimum Gasteiger partial charge on any atom is -0.368 e. The first-order valence-electron chi connectivity index (χ1n) is 5.83. The molecule has 90 valence electrons. The average Bonchev–Trinajstić information content (AvgIpc) is 2.90. The number of aromatic nitrogens is 4. The maximum atomic E-state index is 4.42. The van der Waals surface area contributed by atoms with E-state index in [4.69, 9.17) is 0 Å². The van der Waals surface area contributed by atoms with Crippen LogP contribution in [0.3, 0.4) is 0 Å². The number of nitrogens with zero attached hydrogens (tertiary/aromatic N) is 3. The molecule has 0 spiro atoms. The van der Waals surface area contributed by atoms with Gasteiger partial charge in [-0.1, -0.05) is 6.92 Å². The smallest absolute Gasteiger partial charge is 0.226 e. The van der Waals surface area contributed by atoms with Crippen molar-refractivity contribution in [3.63, 3.8) is 0 Å². The van der Waals surface area contributed by atoms with Gasteiger partial charge in [0.25, 0.3) is 0 Å². The van der Waals surface area contributed by atoms with Crippen molar-refractivity contribution in [2.45, 2.75) is 19.8 Å². The zero-order chi connectivity index (χ0) is 11.9. The summed E-state index contributed by atoms with van der Waals surface area (Å²) < 4.78 is 0. The molecule has 1 aliphatic rings. The van der Waals surface area contributed by atoms with Gasteiger partial charge in [0, 0.05) is 13.6 Å². The number of nitrogens with one attached hydrogen (secondary N) is 3. The first-order valence-corrected chi connectivity index (χ1v) is 5.83. The van der Waals surface area contributed by atoms with Crippen LogP contribution in [0.25, 0.3) is 11.2 Å². The summed E-state index contributed by atoms with van der Waals surface area (Å²) in [5, 5.41) is 6.33. The van der Waals surface area contributed by atoms with Crippen molar-refractivity contribution < 1.29 is 0 Å². The van der Waals surface area contributed by atoms with E-state index < -0.39 is 0 Å². The van der Waals surface area contributed by atoms with Crippen LogP contribution in [0, 0.1) is 5.41 Å².